The molecule has 0 saturated carbocycles. The Morgan fingerprint density at radius 2 is 2.13 bits per heavy atom. The Hall–Kier alpha value is -2.95. The molecule has 0 bridgehead atoms. The summed E-state index contributed by atoms with van der Waals surface area (Å²) in [6.45, 7) is 1.49. The van der Waals surface area contributed by atoms with Crippen LogP contribution in [-0.4, -0.2) is 61.5 Å². The van der Waals surface area contributed by atoms with E-state index >= 15 is 0 Å². The Morgan fingerprint density at radius 3 is 2.83 bits per heavy atom. The van der Waals surface area contributed by atoms with E-state index in [-0.39, 0.29) is 11.7 Å². The number of fused-ring (bicyclic) bond motifs is 1. The number of likely N-dealkylation sites (tertiary alicyclic amines) is 1. The van der Waals surface area contributed by atoms with Crippen LogP contribution in [0.25, 0.3) is 16.9 Å². The molecule has 1 fully saturated rings. The summed E-state index contributed by atoms with van der Waals surface area (Å²) in [6.07, 6.45) is -1.11. The van der Waals surface area contributed by atoms with Gasteiger partial charge in [0.25, 0.3) is 6.43 Å². The highest BCUT2D eigenvalue weighted by Gasteiger charge is 2.26. The second-order valence-electron chi connectivity index (χ2n) is 6.96. The highest BCUT2D eigenvalue weighted by molar-refractivity contribution is 7.98. The molecule has 2 aromatic heterocycles. The van der Waals surface area contributed by atoms with E-state index in [1.54, 1.807) is 30.3 Å². The molecular weight excluding hydrogens is 414 g/mol. The Labute approximate surface area is 175 Å². The summed E-state index contributed by atoms with van der Waals surface area (Å²) in [4.78, 5) is 25.4. The number of thioether (sulfide) groups is 1. The quantitative estimate of drug-likeness (QED) is 0.449. The monoisotopic (exact) mass is 434 g/mol. The summed E-state index contributed by atoms with van der Waals surface area (Å²) in [7, 11) is 0. The Morgan fingerprint density at radius 1 is 1.33 bits per heavy atom. The molecular formula is C19H20F2N6O2S. The van der Waals surface area contributed by atoms with Crippen LogP contribution in [0.15, 0.2) is 35.5 Å². The van der Waals surface area contributed by atoms with Gasteiger partial charge in [0.05, 0.1) is 11.0 Å². The molecule has 1 aliphatic rings. The first-order chi connectivity index (χ1) is 14.5. The van der Waals surface area contributed by atoms with Crippen molar-refractivity contribution >= 4 is 34.7 Å². The summed E-state index contributed by atoms with van der Waals surface area (Å²) in [5.74, 6) is 0.583. The van der Waals surface area contributed by atoms with Crippen LogP contribution in [0.3, 0.4) is 0 Å². The van der Waals surface area contributed by atoms with Crippen molar-refractivity contribution in [2.45, 2.75) is 18.0 Å². The van der Waals surface area contributed by atoms with Crippen LogP contribution in [0, 0.1) is 5.92 Å². The fourth-order valence-corrected chi connectivity index (χ4v) is 3.94. The number of hydrogen-bond acceptors (Lipinski definition) is 6. The summed E-state index contributed by atoms with van der Waals surface area (Å²) in [5, 5.41) is 12.7. The van der Waals surface area contributed by atoms with E-state index in [0.717, 1.165) is 6.42 Å². The minimum atomic E-state index is -2.76. The number of para-hydroxylation sites is 2. The van der Waals surface area contributed by atoms with Crippen molar-refractivity contribution in [2.24, 2.45) is 5.92 Å². The van der Waals surface area contributed by atoms with Crippen molar-refractivity contribution in [1.82, 2.24) is 24.4 Å². The first-order valence-corrected chi connectivity index (χ1v) is 10.6. The van der Waals surface area contributed by atoms with Gasteiger partial charge in [0.1, 0.15) is 11.6 Å². The lowest BCUT2D eigenvalue weighted by molar-refractivity contribution is 0.139. The zero-order valence-corrected chi connectivity index (χ0v) is 16.9. The zero-order valence-electron chi connectivity index (χ0n) is 16.1. The topological polar surface area (TPSA) is 96.2 Å². The smallest absolute Gasteiger partial charge is 0.407 e. The lowest BCUT2D eigenvalue weighted by Gasteiger charge is -2.15. The number of aromatic nitrogens is 4. The molecule has 1 aromatic carbocycles. The van der Waals surface area contributed by atoms with E-state index in [2.05, 4.69) is 20.3 Å². The second-order valence-corrected chi connectivity index (χ2v) is 7.73. The van der Waals surface area contributed by atoms with Gasteiger partial charge in [-0.15, -0.1) is 0 Å². The number of anilines is 1. The fraction of sp³-hybridized carbons (Fsp3) is 0.368. The number of nitrogens with zero attached hydrogens (tertiary/aromatic N) is 5. The van der Waals surface area contributed by atoms with E-state index in [1.165, 1.54) is 21.2 Å². The largest absolute Gasteiger partial charge is 0.465 e. The summed E-state index contributed by atoms with van der Waals surface area (Å²) in [6, 6.07) is 8.53. The summed E-state index contributed by atoms with van der Waals surface area (Å²) >= 11 is 1.31. The second kappa shape index (κ2) is 8.42. The van der Waals surface area contributed by atoms with Crippen LogP contribution in [0.5, 0.6) is 0 Å². The van der Waals surface area contributed by atoms with E-state index in [0.29, 0.717) is 47.5 Å². The molecule has 2 N–H and O–H groups in total. The van der Waals surface area contributed by atoms with Gasteiger partial charge in [-0.25, -0.2) is 28.5 Å². The first kappa shape index (κ1) is 20.3. The predicted octanol–water partition coefficient (Wildman–Crippen LogP) is 3.89. The molecule has 4 rings (SSSR count). The van der Waals surface area contributed by atoms with Crippen LogP contribution < -0.4 is 5.32 Å². The Bertz CT molecular complexity index is 1080. The molecule has 1 atom stereocenters. The lowest BCUT2D eigenvalue weighted by Crippen LogP contribution is -2.28. The first-order valence-electron chi connectivity index (χ1n) is 9.37. The number of alkyl halides is 2. The standard InChI is InChI=1S/C19H20F2N6O2S/c1-30-18-24-14(22-9-11-6-7-26(10-11)19(28)29)8-15(25-18)27-13-5-3-2-4-12(13)23-17(27)16(20)21/h2-5,8,11,16H,6-7,9-10H2,1H3,(H,28,29)(H,22,24,25)/t11-/m1/s1. The van der Waals surface area contributed by atoms with Crippen LogP contribution in [0.1, 0.15) is 18.7 Å². The molecule has 3 aromatic rings. The predicted molar refractivity (Wildman–Crippen MR) is 110 cm³/mol. The molecule has 158 valence electrons. The fourth-order valence-electron chi connectivity index (χ4n) is 3.56. The number of benzene rings is 1. The lowest BCUT2D eigenvalue weighted by atomic mass is 10.1. The average Bonchev–Trinajstić information content (AvgIpc) is 3.37. The zero-order chi connectivity index (χ0) is 21.3. The number of nitrogens with one attached hydrogen (secondary N) is 1. The van der Waals surface area contributed by atoms with Gasteiger partial charge in [0.2, 0.25) is 0 Å². The number of hydrogen-bond donors (Lipinski definition) is 2. The molecule has 0 spiro atoms. The molecule has 1 aliphatic heterocycles. The van der Waals surface area contributed by atoms with Gasteiger partial charge >= 0.3 is 6.09 Å². The summed E-state index contributed by atoms with van der Waals surface area (Å²) < 4.78 is 28.7. The molecule has 1 saturated heterocycles. The van der Waals surface area contributed by atoms with Gasteiger partial charge in [-0.05, 0) is 30.7 Å². The molecule has 0 aliphatic carbocycles. The maximum absolute atomic E-state index is 13.7. The third-order valence-corrected chi connectivity index (χ3v) is 5.56. The van der Waals surface area contributed by atoms with Crippen LogP contribution >= 0.6 is 11.8 Å². The third-order valence-electron chi connectivity index (χ3n) is 5.01. The maximum Gasteiger partial charge on any atom is 0.407 e. The highest BCUT2D eigenvalue weighted by atomic mass is 32.2. The average molecular weight is 434 g/mol. The van der Waals surface area contributed by atoms with Crippen molar-refractivity contribution in [3.63, 3.8) is 0 Å². The van der Waals surface area contributed by atoms with Gasteiger partial charge < -0.3 is 15.3 Å². The number of carboxylic acid groups (broad SMARTS) is 1. The molecule has 3 heterocycles. The molecule has 0 unspecified atom stereocenters. The van der Waals surface area contributed by atoms with Crippen molar-refractivity contribution in [3.8, 4) is 5.82 Å². The number of amides is 1. The number of carbonyl (C=O) groups is 1. The van der Waals surface area contributed by atoms with Crippen molar-refractivity contribution in [3.05, 3.63) is 36.2 Å². The SMILES string of the molecule is CSc1nc(NC[C@H]2CCN(C(=O)O)C2)cc(-n2c(C(F)F)nc3ccccc32)n1. The van der Waals surface area contributed by atoms with Gasteiger partial charge in [-0.1, -0.05) is 23.9 Å². The van der Waals surface area contributed by atoms with E-state index in [1.807, 2.05) is 6.26 Å². The van der Waals surface area contributed by atoms with Gasteiger partial charge in [0.15, 0.2) is 11.0 Å². The molecule has 0 radical (unpaired) electrons. The maximum atomic E-state index is 13.7. The molecule has 30 heavy (non-hydrogen) atoms. The van der Waals surface area contributed by atoms with Crippen molar-refractivity contribution in [2.75, 3.05) is 31.2 Å². The Balaban J connectivity index is 1.65. The van der Waals surface area contributed by atoms with Gasteiger partial charge in [0, 0.05) is 25.7 Å². The normalized spacial score (nSPS) is 16.5. The van der Waals surface area contributed by atoms with Crippen LogP contribution in [-0.2, 0) is 0 Å². The minimum absolute atomic E-state index is 0.156. The van der Waals surface area contributed by atoms with Crippen LogP contribution in [0.2, 0.25) is 0 Å². The molecule has 8 nitrogen and oxygen atoms in total. The van der Waals surface area contributed by atoms with Gasteiger partial charge in [-0.3, -0.25) is 4.57 Å². The summed E-state index contributed by atoms with van der Waals surface area (Å²) in [5.41, 5.74) is 1.00. The number of halogens is 2. The Kier molecular flexibility index (Phi) is 5.71. The van der Waals surface area contributed by atoms with E-state index < -0.39 is 12.5 Å². The van der Waals surface area contributed by atoms with E-state index in [9.17, 15) is 13.6 Å². The van der Waals surface area contributed by atoms with Crippen molar-refractivity contribution in [1.29, 1.82) is 0 Å². The highest BCUT2D eigenvalue weighted by Crippen LogP contribution is 2.29. The van der Waals surface area contributed by atoms with E-state index in [4.69, 9.17) is 5.11 Å². The third kappa shape index (κ3) is 4.02. The van der Waals surface area contributed by atoms with Gasteiger partial charge in [-0.2, -0.15) is 0 Å². The minimum Gasteiger partial charge on any atom is -0.465 e. The molecule has 1 amide bonds. The molecule has 11 heteroatoms. The number of imidazole rings is 1. The number of rotatable bonds is 6. The van der Waals surface area contributed by atoms with Crippen LogP contribution in [0.4, 0.5) is 19.4 Å². The van der Waals surface area contributed by atoms with Crippen molar-refractivity contribution < 1.29 is 18.7 Å².